The van der Waals surface area contributed by atoms with Gasteiger partial charge in [0.15, 0.2) is 0 Å². The quantitative estimate of drug-likeness (QED) is 0.748. The molecular formula is C22H27BrFN3O. The van der Waals surface area contributed by atoms with E-state index in [1.807, 2.05) is 6.07 Å². The Morgan fingerprint density at radius 1 is 1.04 bits per heavy atom. The molecule has 4 rings (SSSR count). The van der Waals surface area contributed by atoms with Gasteiger partial charge in [-0.05, 0) is 77.8 Å². The van der Waals surface area contributed by atoms with Crippen molar-refractivity contribution < 1.29 is 9.13 Å². The van der Waals surface area contributed by atoms with E-state index in [9.17, 15) is 4.39 Å². The normalized spacial score (nSPS) is 19.0. The molecule has 2 aliphatic heterocycles. The Hall–Kier alpha value is -1.63. The fraction of sp³-hybridized carbons (Fsp3) is 0.455. The summed E-state index contributed by atoms with van der Waals surface area (Å²) in [6, 6.07) is 13.3. The Kier molecular flexibility index (Phi) is 6.50. The van der Waals surface area contributed by atoms with E-state index in [1.165, 1.54) is 11.6 Å². The van der Waals surface area contributed by atoms with Crippen LogP contribution in [0.3, 0.4) is 0 Å². The van der Waals surface area contributed by atoms with Crippen LogP contribution in [0, 0.1) is 5.82 Å². The minimum atomic E-state index is -0.170. The number of piperidine rings is 1. The number of rotatable bonds is 5. The molecule has 0 radical (unpaired) electrons. The van der Waals surface area contributed by atoms with Gasteiger partial charge in [-0.1, -0.05) is 12.1 Å². The van der Waals surface area contributed by atoms with Crippen LogP contribution in [-0.2, 0) is 6.54 Å². The predicted octanol–water partition coefficient (Wildman–Crippen LogP) is 4.04. The molecule has 2 heterocycles. The Bertz CT molecular complexity index is 789. The number of anilines is 1. The zero-order valence-corrected chi connectivity index (χ0v) is 17.6. The summed E-state index contributed by atoms with van der Waals surface area (Å²) in [5.74, 6) is 0.767. The molecule has 0 spiro atoms. The van der Waals surface area contributed by atoms with Crippen LogP contribution in [0.4, 0.5) is 10.1 Å². The van der Waals surface area contributed by atoms with E-state index in [1.54, 1.807) is 12.1 Å². The van der Waals surface area contributed by atoms with E-state index >= 15 is 0 Å². The largest absolute Gasteiger partial charge is 0.489 e. The van der Waals surface area contributed by atoms with Crippen molar-refractivity contribution in [2.24, 2.45) is 0 Å². The number of benzene rings is 2. The van der Waals surface area contributed by atoms with E-state index < -0.39 is 0 Å². The Labute approximate surface area is 174 Å². The van der Waals surface area contributed by atoms with Crippen LogP contribution in [0.5, 0.6) is 5.75 Å². The molecule has 0 aromatic heterocycles. The van der Waals surface area contributed by atoms with Crippen LogP contribution in [0.15, 0.2) is 46.9 Å². The van der Waals surface area contributed by atoms with Gasteiger partial charge in [0.2, 0.25) is 0 Å². The van der Waals surface area contributed by atoms with Gasteiger partial charge in [-0.25, -0.2) is 4.39 Å². The lowest BCUT2D eigenvalue weighted by molar-refractivity contribution is 0.161. The SMILES string of the molecule is Fc1cccc(N2CCN(Cc3ccc(OC4CCNCC4)c(Br)c3)CC2)c1. The molecule has 2 saturated heterocycles. The monoisotopic (exact) mass is 447 g/mol. The molecule has 2 aliphatic rings. The number of nitrogens with zero attached hydrogens (tertiary/aromatic N) is 2. The summed E-state index contributed by atoms with van der Waals surface area (Å²) in [7, 11) is 0. The molecule has 6 heteroatoms. The molecule has 4 nitrogen and oxygen atoms in total. The number of hydrogen-bond donors (Lipinski definition) is 1. The van der Waals surface area contributed by atoms with Crippen molar-refractivity contribution in [2.75, 3.05) is 44.2 Å². The third-order valence-corrected chi connectivity index (χ3v) is 6.15. The predicted molar refractivity (Wildman–Crippen MR) is 115 cm³/mol. The van der Waals surface area contributed by atoms with E-state index in [4.69, 9.17) is 4.74 Å². The Morgan fingerprint density at radius 3 is 2.54 bits per heavy atom. The van der Waals surface area contributed by atoms with Gasteiger partial charge < -0.3 is 15.0 Å². The molecule has 0 aliphatic carbocycles. The van der Waals surface area contributed by atoms with Gasteiger partial charge in [0, 0.05) is 38.4 Å². The minimum Gasteiger partial charge on any atom is -0.489 e. The van der Waals surface area contributed by atoms with Gasteiger partial charge in [-0.15, -0.1) is 0 Å². The highest BCUT2D eigenvalue weighted by atomic mass is 79.9. The molecule has 2 fully saturated rings. The second-order valence-corrected chi connectivity index (χ2v) is 8.43. The molecule has 0 unspecified atom stereocenters. The van der Waals surface area contributed by atoms with Crippen molar-refractivity contribution in [2.45, 2.75) is 25.5 Å². The number of piperazine rings is 1. The topological polar surface area (TPSA) is 27.7 Å². The zero-order chi connectivity index (χ0) is 19.3. The van der Waals surface area contributed by atoms with Gasteiger partial charge in [0.25, 0.3) is 0 Å². The molecule has 2 aromatic rings. The Balaban J connectivity index is 1.30. The van der Waals surface area contributed by atoms with Gasteiger partial charge in [-0.3, -0.25) is 4.90 Å². The number of ether oxygens (including phenoxy) is 1. The van der Waals surface area contributed by atoms with Crippen molar-refractivity contribution in [3.63, 3.8) is 0 Å². The highest BCUT2D eigenvalue weighted by Crippen LogP contribution is 2.29. The molecular weight excluding hydrogens is 421 g/mol. The summed E-state index contributed by atoms with van der Waals surface area (Å²) in [6.45, 7) is 6.76. The number of hydrogen-bond acceptors (Lipinski definition) is 4. The maximum absolute atomic E-state index is 13.4. The minimum absolute atomic E-state index is 0.170. The highest BCUT2D eigenvalue weighted by Gasteiger charge is 2.19. The van der Waals surface area contributed by atoms with Gasteiger partial charge in [-0.2, -0.15) is 0 Å². The molecule has 150 valence electrons. The van der Waals surface area contributed by atoms with Crippen LogP contribution in [0.2, 0.25) is 0 Å². The first-order chi connectivity index (χ1) is 13.7. The van der Waals surface area contributed by atoms with Gasteiger partial charge >= 0.3 is 0 Å². The lowest BCUT2D eigenvalue weighted by atomic mass is 10.1. The maximum atomic E-state index is 13.4. The second-order valence-electron chi connectivity index (χ2n) is 7.58. The van der Waals surface area contributed by atoms with Crippen molar-refractivity contribution >= 4 is 21.6 Å². The average Bonchev–Trinajstić information content (AvgIpc) is 2.71. The first-order valence-corrected chi connectivity index (χ1v) is 10.9. The van der Waals surface area contributed by atoms with Gasteiger partial charge in [0.1, 0.15) is 17.7 Å². The van der Waals surface area contributed by atoms with Crippen molar-refractivity contribution in [3.8, 4) is 5.75 Å². The average molecular weight is 448 g/mol. The van der Waals surface area contributed by atoms with Crippen molar-refractivity contribution in [3.05, 3.63) is 58.3 Å². The smallest absolute Gasteiger partial charge is 0.133 e. The van der Waals surface area contributed by atoms with Crippen molar-refractivity contribution in [1.29, 1.82) is 0 Å². The van der Waals surface area contributed by atoms with Crippen LogP contribution >= 0.6 is 15.9 Å². The molecule has 2 aromatic carbocycles. The van der Waals surface area contributed by atoms with E-state index in [2.05, 4.69) is 49.2 Å². The third-order valence-electron chi connectivity index (χ3n) is 5.53. The van der Waals surface area contributed by atoms with E-state index in [0.717, 1.165) is 74.6 Å². The lowest BCUT2D eigenvalue weighted by Crippen LogP contribution is -2.46. The molecule has 0 bridgehead atoms. The standard InChI is InChI=1S/C22H27BrFN3O/c23-21-14-17(4-5-22(21)28-20-6-8-25-9-7-20)16-26-10-12-27(13-11-26)19-3-1-2-18(24)15-19/h1-5,14-15,20,25H,6-13,16H2. The third kappa shape index (κ3) is 5.04. The van der Waals surface area contributed by atoms with Crippen LogP contribution in [-0.4, -0.2) is 50.3 Å². The molecule has 0 saturated carbocycles. The molecule has 0 atom stereocenters. The number of nitrogens with one attached hydrogen (secondary N) is 1. The Morgan fingerprint density at radius 2 is 1.82 bits per heavy atom. The highest BCUT2D eigenvalue weighted by molar-refractivity contribution is 9.10. The van der Waals surface area contributed by atoms with E-state index in [0.29, 0.717) is 6.10 Å². The first-order valence-electron chi connectivity index (χ1n) is 10.1. The van der Waals surface area contributed by atoms with Gasteiger partial charge in [0.05, 0.1) is 4.47 Å². The first kappa shape index (κ1) is 19.7. The van der Waals surface area contributed by atoms with Crippen LogP contribution in [0.1, 0.15) is 18.4 Å². The van der Waals surface area contributed by atoms with Crippen molar-refractivity contribution in [1.82, 2.24) is 10.2 Å². The molecule has 0 amide bonds. The van der Waals surface area contributed by atoms with Crippen LogP contribution < -0.4 is 15.0 Å². The summed E-state index contributed by atoms with van der Waals surface area (Å²) >= 11 is 3.68. The van der Waals surface area contributed by atoms with E-state index in [-0.39, 0.29) is 5.82 Å². The summed E-state index contributed by atoms with van der Waals surface area (Å²) in [5, 5.41) is 3.37. The summed E-state index contributed by atoms with van der Waals surface area (Å²) in [5.41, 5.74) is 2.26. The second kappa shape index (κ2) is 9.25. The number of halogens is 2. The summed E-state index contributed by atoms with van der Waals surface area (Å²) < 4.78 is 20.6. The fourth-order valence-corrected chi connectivity index (χ4v) is 4.45. The summed E-state index contributed by atoms with van der Waals surface area (Å²) in [6.07, 6.45) is 2.42. The zero-order valence-electron chi connectivity index (χ0n) is 16.0. The summed E-state index contributed by atoms with van der Waals surface area (Å²) in [4.78, 5) is 4.70. The maximum Gasteiger partial charge on any atom is 0.133 e. The lowest BCUT2D eigenvalue weighted by Gasteiger charge is -2.36. The van der Waals surface area contributed by atoms with Crippen LogP contribution in [0.25, 0.3) is 0 Å². The fourth-order valence-electron chi connectivity index (χ4n) is 3.93. The molecule has 28 heavy (non-hydrogen) atoms. The molecule has 1 N–H and O–H groups in total.